The molecule has 1 heterocycles. The maximum atomic E-state index is 6.85. The van der Waals surface area contributed by atoms with Crippen LogP contribution in [-0.2, 0) is 5.41 Å². The van der Waals surface area contributed by atoms with Crippen molar-refractivity contribution in [3.8, 4) is 33.4 Å². The highest BCUT2D eigenvalue weighted by Gasteiger charge is 2.36. The van der Waals surface area contributed by atoms with Gasteiger partial charge in [0.1, 0.15) is 11.2 Å². The fourth-order valence-corrected chi connectivity index (χ4v) is 10.8. The van der Waals surface area contributed by atoms with Crippen molar-refractivity contribution in [2.24, 2.45) is 0 Å². The average molecular weight is 804 g/mol. The molecule has 0 saturated heterocycles. The van der Waals surface area contributed by atoms with E-state index in [9.17, 15) is 0 Å². The number of fused-ring (bicyclic) bond motifs is 13. The van der Waals surface area contributed by atoms with Crippen molar-refractivity contribution >= 4 is 82.1 Å². The van der Waals surface area contributed by atoms with E-state index in [1.54, 1.807) is 0 Å². The van der Waals surface area contributed by atoms with Gasteiger partial charge in [-0.3, -0.25) is 0 Å². The summed E-state index contributed by atoms with van der Waals surface area (Å²) in [5.41, 5.74) is 14.8. The quantitative estimate of drug-likeness (QED) is 0.161. The SMILES string of the molecule is CC1(C)c2ccccc2-c2ccc(N(c3ccc(-c4ccc5ccccc5c4)cc3)c3c(-c4cccc5c4oc4ccccc45)ccc4c5ccccc5c5ccccc5c34)cc21. The lowest BCUT2D eigenvalue weighted by Crippen LogP contribution is -2.17. The molecular weight excluding hydrogens is 763 g/mol. The van der Waals surface area contributed by atoms with Crippen molar-refractivity contribution in [2.45, 2.75) is 19.3 Å². The van der Waals surface area contributed by atoms with Crippen LogP contribution in [0.5, 0.6) is 0 Å². The summed E-state index contributed by atoms with van der Waals surface area (Å²) in [6, 6.07) is 78.1. The molecule has 0 spiro atoms. The van der Waals surface area contributed by atoms with E-state index in [-0.39, 0.29) is 5.41 Å². The summed E-state index contributed by atoms with van der Waals surface area (Å²) in [6.45, 7) is 4.74. The topological polar surface area (TPSA) is 16.4 Å². The van der Waals surface area contributed by atoms with Gasteiger partial charge in [-0.2, -0.15) is 0 Å². The Morgan fingerprint density at radius 2 is 0.937 bits per heavy atom. The minimum Gasteiger partial charge on any atom is -0.455 e. The molecular formula is C61H41NO. The zero-order chi connectivity index (χ0) is 41.8. The summed E-state index contributed by atoms with van der Waals surface area (Å²) in [5, 5.41) is 12.1. The van der Waals surface area contributed by atoms with Crippen LogP contribution in [0.3, 0.4) is 0 Å². The standard InChI is InChI=1S/C61H41NO/c1-61(2)55-24-11-9-19-47(55)48-33-32-43(37-56(48)61)62(42-30-28-39(29-31-42)41-27-26-38-14-3-4-15-40(38)36-41)59-52(54-23-13-22-53-49-20-10-12-25-57(49)63-60(53)54)35-34-51-46-18-6-5-16-44(46)45-17-7-8-21-50(45)58(51)59/h3-37H,1-2H3. The molecule has 1 aliphatic carbocycles. The molecule has 2 heteroatoms. The van der Waals surface area contributed by atoms with Gasteiger partial charge >= 0.3 is 0 Å². The lowest BCUT2D eigenvalue weighted by Gasteiger charge is -2.32. The van der Waals surface area contributed by atoms with Gasteiger partial charge in [0, 0.05) is 44.1 Å². The largest absolute Gasteiger partial charge is 0.455 e. The van der Waals surface area contributed by atoms with E-state index in [2.05, 4.69) is 231 Å². The minimum absolute atomic E-state index is 0.183. The molecule has 0 bridgehead atoms. The molecule has 0 aliphatic heterocycles. The Labute approximate surface area is 365 Å². The molecule has 0 unspecified atom stereocenters. The molecule has 0 amide bonds. The van der Waals surface area contributed by atoms with Crippen LogP contribution in [0.4, 0.5) is 17.1 Å². The fourth-order valence-electron chi connectivity index (χ4n) is 10.8. The van der Waals surface area contributed by atoms with Crippen LogP contribution in [0.15, 0.2) is 217 Å². The molecule has 11 aromatic carbocycles. The molecule has 0 atom stereocenters. The number of para-hydroxylation sites is 2. The lowest BCUT2D eigenvalue weighted by atomic mass is 9.82. The molecule has 0 fully saturated rings. The first-order chi connectivity index (χ1) is 31.0. The second-order valence-corrected chi connectivity index (χ2v) is 17.6. The molecule has 12 aromatic rings. The minimum atomic E-state index is -0.183. The third kappa shape index (κ3) is 5.31. The number of anilines is 3. The monoisotopic (exact) mass is 803 g/mol. The molecule has 63 heavy (non-hydrogen) atoms. The van der Waals surface area contributed by atoms with E-state index in [0.29, 0.717) is 0 Å². The predicted molar refractivity (Wildman–Crippen MR) is 267 cm³/mol. The molecule has 2 nitrogen and oxygen atoms in total. The van der Waals surface area contributed by atoms with E-state index < -0.39 is 0 Å². The zero-order valence-corrected chi connectivity index (χ0v) is 35.1. The highest BCUT2D eigenvalue weighted by molar-refractivity contribution is 6.30. The number of hydrogen-bond acceptors (Lipinski definition) is 2. The Morgan fingerprint density at radius 1 is 0.365 bits per heavy atom. The number of furan rings is 1. The Kier molecular flexibility index (Phi) is 7.68. The second-order valence-electron chi connectivity index (χ2n) is 17.6. The Bertz CT molecular complexity index is 3800. The highest BCUT2D eigenvalue weighted by Crippen LogP contribution is 2.54. The van der Waals surface area contributed by atoms with Crippen molar-refractivity contribution in [1.82, 2.24) is 0 Å². The van der Waals surface area contributed by atoms with Crippen molar-refractivity contribution < 1.29 is 4.42 Å². The number of hydrogen-bond donors (Lipinski definition) is 0. The fraction of sp³-hybridized carbons (Fsp3) is 0.0492. The van der Waals surface area contributed by atoms with Gasteiger partial charge in [-0.25, -0.2) is 0 Å². The zero-order valence-electron chi connectivity index (χ0n) is 35.1. The van der Waals surface area contributed by atoms with Crippen molar-refractivity contribution in [2.75, 3.05) is 4.90 Å². The number of nitrogens with zero attached hydrogens (tertiary/aromatic N) is 1. The summed E-state index contributed by atoms with van der Waals surface area (Å²) in [7, 11) is 0. The lowest BCUT2D eigenvalue weighted by molar-refractivity contribution is 0.660. The third-order valence-corrected chi connectivity index (χ3v) is 13.8. The van der Waals surface area contributed by atoms with Crippen LogP contribution in [0.1, 0.15) is 25.0 Å². The van der Waals surface area contributed by atoms with Crippen molar-refractivity contribution in [3.05, 3.63) is 223 Å². The van der Waals surface area contributed by atoms with Gasteiger partial charge in [0.2, 0.25) is 0 Å². The molecule has 296 valence electrons. The van der Waals surface area contributed by atoms with Gasteiger partial charge in [0.05, 0.1) is 5.69 Å². The summed E-state index contributed by atoms with van der Waals surface area (Å²) in [5.74, 6) is 0. The van der Waals surface area contributed by atoms with Gasteiger partial charge in [-0.1, -0.05) is 190 Å². The second kappa shape index (κ2) is 13.5. The molecule has 0 saturated carbocycles. The van der Waals surface area contributed by atoms with E-state index in [1.165, 1.54) is 76.5 Å². The maximum absolute atomic E-state index is 6.85. The maximum Gasteiger partial charge on any atom is 0.143 e. The van der Waals surface area contributed by atoms with Gasteiger partial charge in [-0.15, -0.1) is 0 Å². The number of rotatable bonds is 5. The van der Waals surface area contributed by atoms with E-state index in [4.69, 9.17) is 4.42 Å². The van der Waals surface area contributed by atoms with E-state index in [0.717, 1.165) is 50.1 Å². The first-order valence-electron chi connectivity index (χ1n) is 21.9. The van der Waals surface area contributed by atoms with Gasteiger partial charge in [0.15, 0.2) is 0 Å². The first-order valence-corrected chi connectivity index (χ1v) is 21.9. The van der Waals surface area contributed by atoms with Crippen LogP contribution in [0, 0.1) is 0 Å². The van der Waals surface area contributed by atoms with E-state index >= 15 is 0 Å². The summed E-state index contributed by atoms with van der Waals surface area (Å²) in [6.07, 6.45) is 0. The van der Waals surface area contributed by atoms with Crippen LogP contribution in [0.25, 0.3) is 98.4 Å². The van der Waals surface area contributed by atoms with Crippen LogP contribution in [0.2, 0.25) is 0 Å². The molecule has 1 aromatic heterocycles. The summed E-state index contributed by atoms with van der Waals surface area (Å²) in [4.78, 5) is 2.53. The summed E-state index contributed by atoms with van der Waals surface area (Å²) >= 11 is 0. The Balaban J connectivity index is 1.15. The van der Waals surface area contributed by atoms with Crippen LogP contribution in [-0.4, -0.2) is 0 Å². The first kappa shape index (κ1) is 35.8. The average Bonchev–Trinajstić information content (AvgIpc) is 3.83. The van der Waals surface area contributed by atoms with E-state index in [1.807, 2.05) is 0 Å². The normalized spacial score (nSPS) is 13.0. The third-order valence-electron chi connectivity index (χ3n) is 13.8. The molecule has 1 aliphatic rings. The highest BCUT2D eigenvalue weighted by atomic mass is 16.3. The van der Waals surface area contributed by atoms with Gasteiger partial charge in [-0.05, 0) is 107 Å². The summed E-state index contributed by atoms with van der Waals surface area (Å²) < 4.78 is 6.85. The Hall–Kier alpha value is -7.94. The van der Waals surface area contributed by atoms with Crippen molar-refractivity contribution in [1.29, 1.82) is 0 Å². The molecule has 0 N–H and O–H groups in total. The van der Waals surface area contributed by atoms with Gasteiger partial charge < -0.3 is 9.32 Å². The molecule has 13 rings (SSSR count). The smallest absolute Gasteiger partial charge is 0.143 e. The Morgan fingerprint density at radius 3 is 1.75 bits per heavy atom. The molecule has 0 radical (unpaired) electrons. The van der Waals surface area contributed by atoms with Gasteiger partial charge in [0.25, 0.3) is 0 Å². The van der Waals surface area contributed by atoms with Crippen LogP contribution >= 0.6 is 0 Å². The number of benzene rings is 11. The predicted octanol–water partition coefficient (Wildman–Crippen LogP) is 17.3. The van der Waals surface area contributed by atoms with Crippen LogP contribution < -0.4 is 4.90 Å². The van der Waals surface area contributed by atoms with Crippen molar-refractivity contribution in [3.63, 3.8) is 0 Å².